The Morgan fingerprint density at radius 1 is 1.34 bits per heavy atom. The Kier molecular flexibility index (Phi) is 5.53. The number of benzene rings is 1. The van der Waals surface area contributed by atoms with E-state index >= 15 is 0 Å². The van der Waals surface area contributed by atoms with Crippen molar-refractivity contribution < 1.29 is 17.6 Å². The van der Waals surface area contributed by atoms with Gasteiger partial charge in [0.25, 0.3) is 5.91 Å². The number of halogens is 2. The van der Waals surface area contributed by atoms with E-state index in [0.29, 0.717) is 15.3 Å². The van der Waals surface area contributed by atoms with E-state index in [1.54, 1.807) is 19.1 Å². The summed E-state index contributed by atoms with van der Waals surface area (Å²) >= 11 is 7.41. The van der Waals surface area contributed by atoms with Gasteiger partial charge in [0, 0.05) is 6.54 Å². The van der Waals surface area contributed by atoms with Crippen molar-refractivity contribution in [1.29, 1.82) is 0 Å². The number of thiophene rings is 1. The maximum absolute atomic E-state index is 13.3. The highest BCUT2D eigenvalue weighted by Crippen LogP contribution is 2.43. The maximum Gasteiger partial charge on any atom is 0.261 e. The second-order valence-corrected chi connectivity index (χ2v) is 11.6. The number of hydrogen-bond acceptors (Lipinski definition) is 6. The molecular weight excluding hydrogens is 437 g/mol. The Morgan fingerprint density at radius 2 is 2.03 bits per heavy atom. The zero-order valence-electron chi connectivity index (χ0n) is 16.1. The highest BCUT2D eigenvalue weighted by atomic mass is 35.5. The van der Waals surface area contributed by atoms with Crippen molar-refractivity contribution in [3.63, 3.8) is 0 Å². The summed E-state index contributed by atoms with van der Waals surface area (Å²) in [5.74, 6) is -1.04. The summed E-state index contributed by atoms with van der Waals surface area (Å²) < 4.78 is 37.5. The van der Waals surface area contributed by atoms with Gasteiger partial charge in [-0.25, -0.2) is 12.8 Å². The Bertz CT molecular complexity index is 1110. The third-order valence-corrected chi connectivity index (χ3v) is 9.48. The first-order valence-corrected chi connectivity index (χ1v) is 11.6. The van der Waals surface area contributed by atoms with Crippen LogP contribution < -0.4 is 11.1 Å². The number of carbonyl (C=O) groups is 1. The first-order chi connectivity index (χ1) is 13.4. The Labute approximate surface area is 177 Å². The molecule has 156 valence electrons. The van der Waals surface area contributed by atoms with E-state index in [-0.39, 0.29) is 29.0 Å². The molecule has 1 aliphatic heterocycles. The average molecular weight is 458 g/mol. The first kappa shape index (κ1) is 21.7. The van der Waals surface area contributed by atoms with Gasteiger partial charge in [-0.2, -0.15) is 0 Å². The third kappa shape index (κ3) is 4.04. The fourth-order valence-corrected chi connectivity index (χ4v) is 6.34. The molecule has 6 nitrogen and oxygen atoms in total. The Balaban J connectivity index is 1.86. The van der Waals surface area contributed by atoms with E-state index in [0.717, 1.165) is 11.3 Å². The molecule has 0 fully saturated rings. The fourth-order valence-electron chi connectivity index (χ4n) is 3.02. The summed E-state index contributed by atoms with van der Waals surface area (Å²) in [6.07, 6.45) is 0. The number of nitrogens with one attached hydrogen (secondary N) is 1. The van der Waals surface area contributed by atoms with Gasteiger partial charge in [-0.05, 0) is 44.5 Å². The highest BCUT2D eigenvalue weighted by molar-refractivity contribution is 7.93. The molecule has 2 aromatic rings. The van der Waals surface area contributed by atoms with Crippen molar-refractivity contribution >= 4 is 44.5 Å². The lowest BCUT2D eigenvalue weighted by atomic mass is 10.0. The predicted molar refractivity (Wildman–Crippen MR) is 114 cm³/mol. The quantitative estimate of drug-likeness (QED) is 0.735. The van der Waals surface area contributed by atoms with Crippen molar-refractivity contribution in [2.45, 2.75) is 37.6 Å². The van der Waals surface area contributed by atoms with Gasteiger partial charge in [0.15, 0.2) is 9.84 Å². The average Bonchev–Trinajstić information content (AvgIpc) is 3.00. The van der Waals surface area contributed by atoms with Crippen LogP contribution >= 0.6 is 22.9 Å². The van der Waals surface area contributed by atoms with Crippen LogP contribution in [0.4, 0.5) is 4.39 Å². The molecule has 0 bridgehead atoms. The Morgan fingerprint density at radius 3 is 2.66 bits per heavy atom. The minimum absolute atomic E-state index is 0.00724. The third-order valence-electron chi connectivity index (χ3n) is 4.97. The molecule has 3 N–H and O–H groups in total. The van der Waals surface area contributed by atoms with Gasteiger partial charge in [-0.3, -0.25) is 9.79 Å². The molecule has 1 amide bonds. The molecule has 1 aromatic heterocycles. The van der Waals surface area contributed by atoms with Gasteiger partial charge in [-0.15, -0.1) is 11.3 Å². The smallest absolute Gasteiger partial charge is 0.261 e. The van der Waals surface area contributed by atoms with Crippen LogP contribution in [0, 0.1) is 5.82 Å². The zero-order valence-corrected chi connectivity index (χ0v) is 18.5. The van der Waals surface area contributed by atoms with Crippen LogP contribution in [0.5, 0.6) is 0 Å². The molecule has 0 aliphatic carbocycles. The molecule has 29 heavy (non-hydrogen) atoms. The molecule has 3 rings (SSSR count). The molecule has 0 unspecified atom stereocenters. The fraction of sp³-hybridized carbons (Fsp3) is 0.368. The van der Waals surface area contributed by atoms with Crippen LogP contribution in [-0.4, -0.2) is 30.7 Å². The number of nitrogens with two attached hydrogens (primary N) is 1. The van der Waals surface area contributed by atoms with Gasteiger partial charge < -0.3 is 11.1 Å². The molecule has 0 radical (unpaired) electrons. The number of hydrogen-bond donors (Lipinski definition) is 2. The lowest BCUT2D eigenvalue weighted by Gasteiger charge is -2.37. The van der Waals surface area contributed by atoms with E-state index in [9.17, 15) is 17.6 Å². The summed E-state index contributed by atoms with van der Waals surface area (Å²) in [6, 6.07) is 7.39. The molecular formula is C19H21ClFN3O3S2. The van der Waals surface area contributed by atoms with E-state index < -0.39 is 26.0 Å². The number of sulfone groups is 1. The van der Waals surface area contributed by atoms with Crippen LogP contribution in [0.1, 0.15) is 40.9 Å². The summed E-state index contributed by atoms with van der Waals surface area (Å²) in [5, 5.41) is 2.95. The monoisotopic (exact) mass is 457 g/mol. The minimum atomic E-state index is -3.59. The lowest BCUT2D eigenvalue weighted by Crippen LogP contribution is -2.54. The number of nitrogens with zero attached hydrogens (tertiary/aromatic N) is 1. The number of amides is 1. The second-order valence-electron chi connectivity index (χ2n) is 7.64. The van der Waals surface area contributed by atoms with E-state index in [1.807, 2.05) is 0 Å². The van der Waals surface area contributed by atoms with Crippen molar-refractivity contribution in [3.05, 3.63) is 56.5 Å². The van der Waals surface area contributed by atoms with Crippen molar-refractivity contribution in [2.75, 3.05) is 5.75 Å². The SMILES string of the molecule is CC1(C)C(N)=N[C@](C)(c2sc(C(=O)NCc3cccc(F)c3)cc2Cl)CS1(=O)=O. The maximum atomic E-state index is 13.3. The summed E-state index contributed by atoms with van der Waals surface area (Å²) in [6.45, 7) is 4.81. The van der Waals surface area contributed by atoms with E-state index in [4.69, 9.17) is 17.3 Å². The van der Waals surface area contributed by atoms with Gasteiger partial charge in [0.05, 0.1) is 20.5 Å². The molecule has 1 atom stereocenters. The second kappa shape index (κ2) is 7.37. The normalized spacial score (nSPS) is 22.7. The molecule has 1 aliphatic rings. The van der Waals surface area contributed by atoms with Crippen LogP contribution in [0.15, 0.2) is 35.3 Å². The Hall–Kier alpha value is -1.97. The molecule has 0 saturated heterocycles. The number of rotatable bonds is 4. The minimum Gasteiger partial charge on any atom is -0.386 e. The number of carbonyl (C=O) groups excluding carboxylic acids is 1. The van der Waals surface area contributed by atoms with Gasteiger partial charge in [0.2, 0.25) is 0 Å². The molecule has 0 spiro atoms. The summed E-state index contributed by atoms with van der Waals surface area (Å²) in [4.78, 5) is 17.7. The van der Waals surface area contributed by atoms with Crippen molar-refractivity contribution in [1.82, 2.24) is 5.32 Å². The standard InChI is InChI=1S/C19H21ClFN3O3S2/c1-18(2)17(22)24-19(3,10-29(18,26)27)15-13(20)8-14(28-15)16(25)23-9-11-5-4-6-12(21)7-11/h4-8H,9-10H2,1-3H3,(H2,22,24)(H,23,25)/t19-/m0/s1. The number of amidine groups is 1. The topological polar surface area (TPSA) is 102 Å². The van der Waals surface area contributed by atoms with Crippen LogP contribution in [-0.2, 0) is 21.9 Å². The van der Waals surface area contributed by atoms with Crippen LogP contribution in [0.25, 0.3) is 0 Å². The highest BCUT2D eigenvalue weighted by Gasteiger charge is 2.49. The molecule has 10 heteroatoms. The van der Waals surface area contributed by atoms with E-state index in [2.05, 4.69) is 10.3 Å². The van der Waals surface area contributed by atoms with Gasteiger partial charge in [0.1, 0.15) is 21.9 Å². The molecule has 2 heterocycles. The first-order valence-electron chi connectivity index (χ1n) is 8.76. The van der Waals surface area contributed by atoms with Gasteiger partial charge in [-0.1, -0.05) is 23.7 Å². The lowest BCUT2D eigenvalue weighted by molar-refractivity contribution is 0.0955. The van der Waals surface area contributed by atoms with Crippen molar-refractivity contribution in [3.8, 4) is 0 Å². The summed E-state index contributed by atoms with van der Waals surface area (Å²) in [7, 11) is -3.59. The molecule has 1 aromatic carbocycles. The molecule has 0 saturated carbocycles. The van der Waals surface area contributed by atoms with Gasteiger partial charge >= 0.3 is 0 Å². The van der Waals surface area contributed by atoms with E-state index in [1.165, 1.54) is 32.0 Å². The zero-order chi connectivity index (χ0) is 21.6. The van der Waals surface area contributed by atoms with Crippen LogP contribution in [0.3, 0.4) is 0 Å². The summed E-state index contributed by atoms with van der Waals surface area (Å²) in [5.41, 5.74) is 5.40. The van der Waals surface area contributed by atoms with Crippen LogP contribution in [0.2, 0.25) is 5.02 Å². The van der Waals surface area contributed by atoms with Crippen molar-refractivity contribution in [2.24, 2.45) is 10.7 Å². The predicted octanol–water partition coefficient (Wildman–Crippen LogP) is 3.25. The number of aliphatic imine (C=N–C) groups is 1. The largest absolute Gasteiger partial charge is 0.386 e.